The largest absolute Gasteiger partial charge is 0.490 e. The average molecular weight is 297 g/mol. The first kappa shape index (κ1) is 16.2. The van der Waals surface area contributed by atoms with Crippen molar-refractivity contribution in [3.8, 4) is 11.5 Å². The Morgan fingerprint density at radius 3 is 2.55 bits per heavy atom. The van der Waals surface area contributed by atoms with Gasteiger partial charge in [0.05, 0.1) is 12.7 Å². The highest BCUT2D eigenvalue weighted by molar-refractivity contribution is 7.80. The second kappa shape index (κ2) is 7.69. The fourth-order valence-corrected chi connectivity index (χ4v) is 1.61. The molecule has 1 rings (SSSR count). The van der Waals surface area contributed by atoms with Gasteiger partial charge in [-0.15, -0.1) is 0 Å². The number of hydrogen-bond acceptors (Lipinski definition) is 5. The molecule has 0 unspecified atom stereocenters. The van der Waals surface area contributed by atoms with Gasteiger partial charge in [0.2, 0.25) is 0 Å². The number of carbonyl (C=O) groups excluding carboxylic acids is 1. The molecule has 0 bridgehead atoms. The van der Waals surface area contributed by atoms with Crippen LogP contribution in [-0.2, 0) is 9.53 Å². The lowest BCUT2D eigenvalue weighted by Crippen LogP contribution is -2.19. The van der Waals surface area contributed by atoms with Gasteiger partial charge < -0.3 is 19.9 Å². The molecule has 0 saturated carbocycles. The fourth-order valence-electron chi connectivity index (χ4n) is 1.48. The third kappa shape index (κ3) is 5.05. The highest BCUT2D eigenvalue weighted by Gasteiger charge is 2.11. The third-order valence-electron chi connectivity index (χ3n) is 2.24. The van der Waals surface area contributed by atoms with Crippen molar-refractivity contribution in [1.82, 2.24) is 0 Å². The molecule has 0 aliphatic heterocycles. The molecule has 0 aliphatic rings. The second-order valence-corrected chi connectivity index (χ2v) is 4.73. The highest BCUT2D eigenvalue weighted by atomic mass is 32.1. The van der Waals surface area contributed by atoms with Crippen molar-refractivity contribution in [3.05, 3.63) is 23.8 Å². The van der Waals surface area contributed by atoms with Crippen LogP contribution in [-0.4, -0.2) is 30.3 Å². The summed E-state index contributed by atoms with van der Waals surface area (Å²) in [6.07, 6.45) is -0.172. The van der Waals surface area contributed by atoms with Crippen LogP contribution >= 0.6 is 12.2 Å². The second-order valence-electron chi connectivity index (χ2n) is 4.29. The molecule has 0 radical (unpaired) electrons. The van der Waals surface area contributed by atoms with Gasteiger partial charge in [-0.05, 0) is 39.0 Å². The lowest BCUT2D eigenvalue weighted by molar-refractivity contribution is -0.149. The Labute approximate surface area is 124 Å². The van der Waals surface area contributed by atoms with E-state index in [9.17, 15) is 4.79 Å². The molecule has 0 fully saturated rings. The Bertz CT molecular complexity index is 488. The van der Waals surface area contributed by atoms with E-state index in [1.54, 1.807) is 32.0 Å². The molecule has 110 valence electrons. The minimum Gasteiger partial charge on any atom is -0.490 e. The molecule has 0 saturated heterocycles. The Kier molecular flexibility index (Phi) is 6.24. The first-order valence-corrected chi connectivity index (χ1v) is 6.73. The van der Waals surface area contributed by atoms with E-state index in [4.69, 9.17) is 32.2 Å². The van der Waals surface area contributed by atoms with Crippen LogP contribution in [0.25, 0.3) is 0 Å². The number of benzene rings is 1. The minimum absolute atomic E-state index is 0.172. The molecule has 0 spiro atoms. The van der Waals surface area contributed by atoms with Gasteiger partial charge in [-0.25, -0.2) is 4.79 Å². The van der Waals surface area contributed by atoms with Gasteiger partial charge >= 0.3 is 5.97 Å². The zero-order valence-corrected chi connectivity index (χ0v) is 12.7. The summed E-state index contributed by atoms with van der Waals surface area (Å²) in [4.78, 5) is 11.7. The highest BCUT2D eigenvalue weighted by Crippen LogP contribution is 2.28. The van der Waals surface area contributed by atoms with Gasteiger partial charge in [0.1, 0.15) is 4.99 Å². The lowest BCUT2D eigenvalue weighted by Gasteiger charge is -2.13. The van der Waals surface area contributed by atoms with E-state index in [-0.39, 0.29) is 17.7 Å². The molecular weight excluding hydrogens is 278 g/mol. The van der Waals surface area contributed by atoms with Crippen LogP contribution in [0, 0.1) is 0 Å². The molecule has 20 heavy (non-hydrogen) atoms. The van der Waals surface area contributed by atoms with Crippen molar-refractivity contribution >= 4 is 23.2 Å². The van der Waals surface area contributed by atoms with Crippen molar-refractivity contribution in [3.63, 3.8) is 0 Å². The summed E-state index contributed by atoms with van der Waals surface area (Å²) < 4.78 is 15.8. The molecular formula is C14H19NO4S. The van der Waals surface area contributed by atoms with Gasteiger partial charge in [0, 0.05) is 5.56 Å². The lowest BCUT2D eigenvalue weighted by atomic mass is 10.2. The zero-order chi connectivity index (χ0) is 15.1. The normalized spacial score (nSPS) is 10.2. The van der Waals surface area contributed by atoms with E-state index in [2.05, 4.69) is 0 Å². The Balaban J connectivity index is 2.78. The zero-order valence-electron chi connectivity index (χ0n) is 11.8. The van der Waals surface area contributed by atoms with Gasteiger partial charge in [-0.3, -0.25) is 0 Å². The average Bonchev–Trinajstić information content (AvgIpc) is 2.36. The monoisotopic (exact) mass is 297 g/mol. The predicted octanol–water partition coefficient (Wildman–Crippen LogP) is 2.05. The molecule has 1 aromatic rings. The molecule has 0 aromatic heterocycles. The summed E-state index contributed by atoms with van der Waals surface area (Å²) in [6.45, 7) is 5.70. The molecule has 0 aliphatic carbocycles. The Morgan fingerprint density at radius 1 is 1.30 bits per heavy atom. The molecule has 1 aromatic carbocycles. The van der Waals surface area contributed by atoms with Crippen LogP contribution in [0.1, 0.15) is 26.3 Å². The summed E-state index contributed by atoms with van der Waals surface area (Å²) in [5.41, 5.74) is 6.25. The Hall–Kier alpha value is -1.82. The van der Waals surface area contributed by atoms with Crippen molar-refractivity contribution in [2.45, 2.75) is 26.9 Å². The van der Waals surface area contributed by atoms with E-state index in [1.807, 2.05) is 6.92 Å². The van der Waals surface area contributed by atoms with Gasteiger partial charge in [-0.2, -0.15) is 0 Å². The fraction of sp³-hybridized carbons (Fsp3) is 0.429. The van der Waals surface area contributed by atoms with Crippen LogP contribution in [0.4, 0.5) is 0 Å². The number of thiocarbonyl (C=S) groups is 1. The van der Waals surface area contributed by atoms with Gasteiger partial charge in [0.25, 0.3) is 0 Å². The molecule has 6 heteroatoms. The number of hydrogen-bond donors (Lipinski definition) is 1. The van der Waals surface area contributed by atoms with Crippen LogP contribution in [0.15, 0.2) is 18.2 Å². The van der Waals surface area contributed by atoms with Crippen LogP contribution in [0.5, 0.6) is 11.5 Å². The third-order valence-corrected chi connectivity index (χ3v) is 2.48. The summed E-state index contributed by atoms with van der Waals surface area (Å²) in [5, 5.41) is 0. The van der Waals surface area contributed by atoms with Crippen molar-refractivity contribution in [2.24, 2.45) is 5.73 Å². The molecule has 0 heterocycles. The van der Waals surface area contributed by atoms with Crippen molar-refractivity contribution < 1.29 is 19.0 Å². The quantitative estimate of drug-likeness (QED) is 0.613. The van der Waals surface area contributed by atoms with Crippen molar-refractivity contribution in [2.75, 3.05) is 13.2 Å². The standard InChI is InChI=1S/C14H19NO4S/c1-4-17-12-7-10(14(15)20)5-6-11(12)18-8-13(16)19-9(2)3/h5-7,9H,4,8H2,1-3H3,(H2,15,20). The van der Waals surface area contributed by atoms with E-state index < -0.39 is 5.97 Å². The van der Waals surface area contributed by atoms with Crippen molar-refractivity contribution in [1.29, 1.82) is 0 Å². The topological polar surface area (TPSA) is 70.8 Å². The maximum atomic E-state index is 11.4. The van der Waals surface area contributed by atoms with E-state index in [0.717, 1.165) is 0 Å². The SMILES string of the molecule is CCOc1cc(C(N)=S)ccc1OCC(=O)OC(C)C. The maximum absolute atomic E-state index is 11.4. The van der Waals surface area contributed by atoms with E-state index in [1.165, 1.54) is 0 Å². The number of ether oxygens (including phenoxy) is 3. The summed E-state index contributed by atoms with van der Waals surface area (Å²) in [5.74, 6) is 0.517. The molecule has 0 atom stereocenters. The van der Waals surface area contributed by atoms with E-state index in [0.29, 0.717) is 23.7 Å². The van der Waals surface area contributed by atoms with Gasteiger partial charge in [-0.1, -0.05) is 12.2 Å². The first-order valence-electron chi connectivity index (χ1n) is 6.33. The maximum Gasteiger partial charge on any atom is 0.344 e. The summed E-state index contributed by atoms with van der Waals surface area (Å²) in [7, 11) is 0. The summed E-state index contributed by atoms with van der Waals surface area (Å²) >= 11 is 4.91. The Morgan fingerprint density at radius 2 is 2.00 bits per heavy atom. The number of esters is 1. The number of carbonyl (C=O) groups is 1. The molecule has 0 amide bonds. The smallest absolute Gasteiger partial charge is 0.344 e. The molecule has 5 nitrogen and oxygen atoms in total. The van der Waals surface area contributed by atoms with Crippen LogP contribution in [0.3, 0.4) is 0 Å². The van der Waals surface area contributed by atoms with Gasteiger partial charge in [0.15, 0.2) is 18.1 Å². The van der Waals surface area contributed by atoms with E-state index >= 15 is 0 Å². The number of nitrogens with two attached hydrogens (primary N) is 1. The summed E-state index contributed by atoms with van der Waals surface area (Å²) in [6, 6.07) is 5.07. The minimum atomic E-state index is -0.430. The van der Waals surface area contributed by atoms with Crippen LogP contribution in [0.2, 0.25) is 0 Å². The predicted molar refractivity (Wildman–Crippen MR) is 80.2 cm³/mol. The molecule has 2 N–H and O–H groups in total. The number of rotatable bonds is 7. The van der Waals surface area contributed by atoms with Crippen LogP contribution < -0.4 is 15.2 Å². The first-order chi connectivity index (χ1) is 9.43.